The second-order valence-electron chi connectivity index (χ2n) is 3.88. The maximum absolute atomic E-state index is 4.50. The lowest BCUT2D eigenvalue weighted by Crippen LogP contribution is -2.18. The second kappa shape index (κ2) is 4.11. The molecule has 78 valence electrons. The van der Waals surface area contributed by atoms with Gasteiger partial charge in [-0.15, -0.1) is 11.3 Å². The van der Waals surface area contributed by atoms with E-state index in [0.717, 1.165) is 16.1 Å². The first-order valence-electron chi connectivity index (χ1n) is 4.97. The van der Waals surface area contributed by atoms with Gasteiger partial charge < -0.3 is 5.32 Å². The zero-order chi connectivity index (χ0) is 10.1. The van der Waals surface area contributed by atoms with Crippen molar-refractivity contribution in [1.82, 2.24) is 4.98 Å². The van der Waals surface area contributed by atoms with Crippen LogP contribution in [0.1, 0.15) is 23.9 Å². The standard InChI is InChI=1S/C10H16N2S2/c1-6-4-9(5-13-6)12-10-11-7(2)8(3)14-10/h6,9H,4-5H2,1-3H3,(H,11,12). The van der Waals surface area contributed by atoms with Crippen LogP contribution in [0.3, 0.4) is 0 Å². The molecule has 1 N–H and O–H groups in total. The number of aryl methyl sites for hydroxylation is 2. The molecule has 2 nitrogen and oxygen atoms in total. The molecule has 0 aliphatic carbocycles. The molecule has 1 fully saturated rings. The molecule has 2 atom stereocenters. The minimum absolute atomic E-state index is 0.625. The van der Waals surface area contributed by atoms with Crippen LogP contribution in [0.15, 0.2) is 0 Å². The van der Waals surface area contributed by atoms with Crippen molar-refractivity contribution in [1.29, 1.82) is 0 Å². The van der Waals surface area contributed by atoms with E-state index in [0.29, 0.717) is 6.04 Å². The lowest BCUT2D eigenvalue weighted by Gasteiger charge is -2.09. The highest BCUT2D eigenvalue weighted by Gasteiger charge is 2.22. The summed E-state index contributed by atoms with van der Waals surface area (Å²) < 4.78 is 0. The van der Waals surface area contributed by atoms with Gasteiger partial charge in [0.1, 0.15) is 0 Å². The van der Waals surface area contributed by atoms with Gasteiger partial charge in [0.2, 0.25) is 0 Å². The minimum atomic E-state index is 0.625. The van der Waals surface area contributed by atoms with E-state index in [9.17, 15) is 0 Å². The van der Waals surface area contributed by atoms with Gasteiger partial charge in [-0.05, 0) is 20.3 Å². The number of hydrogen-bond acceptors (Lipinski definition) is 4. The van der Waals surface area contributed by atoms with Crippen molar-refractivity contribution in [3.8, 4) is 0 Å². The van der Waals surface area contributed by atoms with Gasteiger partial charge >= 0.3 is 0 Å². The molecule has 1 aliphatic heterocycles. The molecule has 4 heteroatoms. The smallest absolute Gasteiger partial charge is 0.183 e. The predicted molar refractivity (Wildman–Crippen MR) is 65.5 cm³/mol. The third kappa shape index (κ3) is 2.23. The van der Waals surface area contributed by atoms with Crippen LogP contribution in [0.2, 0.25) is 0 Å². The van der Waals surface area contributed by atoms with Gasteiger partial charge in [-0.1, -0.05) is 6.92 Å². The summed E-state index contributed by atoms with van der Waals surface area (Å²) in [7, 11) is 0. The first-order valence-corrected chi connectivity index (χ1v) is 6.84. The Morgan fingerprint density at radius 2 is 2.21 bits per heavy atom. The van der Waals surface area contributed by atoms with E-state index in [4.69, 9.17) is 0 Å². The normalized spacial score (nSPS) is 26.8. The molecule has 1 saturated heterocycles. The van der Waals surface area contributed by atoms with Gasteiger partial charge in [-0.3, -0.25) is 0 Å². The lowest BCUT2D eigenvalue weighted by molar-refractivity contribution is 0.746. The molecule has 1 aromatic heterocycles. The van der Waals surface area contributed by atoms with Crippen molar-refractivity contribution in [3.05, 3.63) is 10.6 Å². The molecule has 1 aliphatic rings. The quantitative estimate of drug-likeness (QED) is 0.842. The van der Waals surface area contributed by atoms with Crippen molar-refractivity contribution in [2.45, 2.75) is 38.5 Å². The predicted octanol–water partition coefficient (Wildman–Crippen LogP) is 3.07. The van der Waals surface area contributed by atoms with Crippen molar-refractivity contribution >= 4 is 28.2 Å². The van der Waals surface area contributed by atoms with Gasteiger partial charge in [-0.25, -0.2) is 4.98 Å². The number of rotatable bonds is 2. The van der Waals surface area contributed by atoms with Crippen molar-refractivity contribution in [3.63, 3.8) is 0 Å². The van der Waals surface area contributed by atoms with Crippen LogP contribution in [0.4, 0.5) is 5.13 Å². The highest BCUT2D eigenvalue weighted by molar-refractivity contribution is 8.00. The SMILES string of the molecule is Cc1nc(NC2CSC(C)C2)sc1C. The van der Waals surface area contributed by atoms with Crippen LogP contribution in [-0.4, -0.2) is 22.0 Å². The molecule has 1 aromatic rings. The number of aromatic nitrogens is 1. The van der Waals surface area contributed by atoms with Crippen LogP contribution in [0, 0.1) is 13.8 Å². The van der Waals surface area contributed by atoms with Gasteiger partial charge in [-0.2, -0.15) is 11.8 Å². The van der Waals surface area contributed by atoms with E-state index in [2.05, 4.69) is 31.1 Å². The third-order valence-corrected chi connectivity index (χ3v) is 4.91. The molecule has 0 radical (unpaired) electrons. The summed E-state index contributed by atoms with van der Waals surface area (Å²) in [4.78, 5) is 5.82. The van der Waals surface area contributed by atoms with Crippen molar-refractivity contribution in [2.75, 3.05) is 11.1 Å². The van der Waals surface area contributed by atoms with Gasteiger partial charge in [0, 0.05) is 21.9 Å². The monoisotopic (exact) mass is 228 g/mol. The van der Waals surface area contributed by atoms with Crippen LogP contribution < -0.4 is 5.32 Å². The van der Waals surface area contributed by atoms with Gasteiger partial charge in [0.05, 0.1) is 5.69 Å². The first-order chi connectivity index (χ1) is 6.65. The highest BCUT2D eigenvalue weighted by Crippen LogP contribution is 2.30. The van der Waals surface area contributed by atoms with Gasteiger partial charge in [0.25, 0.3) is 0 Å². The molecular weight excluding hydrogens is 212 g/mol. The Morgan fingerprint density at radius 3 is 2.71 bits per heavy atom. The largest absolute Gasteiger partial charge is 0.358 e. The Labute approximate surface area is 93.5 Å². The van der Waals surface area contributed by atoms with E-state index in [1.54, 1.807) is 11.3 Å². The summed E-state index contributed by atoms with van der Waals surface area (Å²) in [5, 5.41) is 5.42. The van der Waals surface area contributed by atoms with Crippen LogP contribution in [0.5, 0.6) is 0 Å². The summed E-state index contributed by atoms with van der Waals surface area (Å²) in [6.45, 7) is 6.50. The number of nitrogens with one attached hydrogen (secondary N) is 1. The molecule has 2 heterocycles. The van der Waals surface area contributed by atoms with E-state index in [-0.39, 0.29) is 0 Å². The maximum atomic E-state index is 4.50. The summed E-state index contributed by atoms with van der Waals surface area (Å²) in [5.74, 6) is 1.22. The Balaban J connectivity index is 1.97. The Morgan fingerprint density at radius 1 is 1.43 bits per heavy atom. The number of thioether (sulfide) groups is 1. The minimum Gasteiger partial charge on any atom is -0.358 e. The Kier molecular flexibility index (Phi) is 3.02. The maximum Gasteiger partial charge on any atom is 0.183 e. The first kappa shape index (κ1) is 10.3. The number of nitrogens with zero attached hydrogens (tertiary/aromatic N) is 1. The van der Waals surface area contributed by atoms with Crippen molar-refractivity contribution < 1.29 is 0 Å². The second-order valence-corrected chi connectivity index (χ2v) is 6.56. The molecule has 0 saturated carbocycles. The molecule has 2 rings (SSSR count). The molecule has 0 aromatic carbocycles. The average Bonchev–Trinajstić information content (AvgIpc) is 2.62. The van der Waals surface area contributed by atoms with Crippen LogP contribution in [0.25, 0.3) is 0 Å². The average molecular weight is 228 g/mol. The topological polar surface area (TPSA) is 24.9 Å². The number of thiazole rings is 1. The third-order valence-electron chi connectivity index (χ3n) is 2.55. The zero-order valence-corrected chi connectivity index (χ0v) is 10.5. The van der Waals surface area contributed by atoms with Crippen LogP contribution in [-0.2, 0) is 0 Å². The Bertz CT molecular complexity index is 302. The zero-order valence-electron chi connectivity index (χ0n) is 8.83. The van der Waals surface area contributed by atoms with E-state index >= 15 is 0 Å². The van der Waals surface area contributed by atoms with E-state index < -0.39 is 0 Å². The summed E-state index contributed by atoms with van der Waals surface area (Å²) >= 11 is 3.82. The van der Waals surface area contributed by atoms with E-state index in [1.165, 1.54) is 17.1 Å². The Hall–Kier alpha value is -0.220. The molecule has 14 heavy (non-hydrogen) atoms. The molecule has 0 bridgehead atoms. The fraction of sp³-hybridized carbons (Fsp3) is 0.700. The summed E-state index contributed by atoms with van der Waals surface area (Å²) in [6.07, 6.45) is 1.27. The molecule has 2 unspecified atom stereocenters. The fourth-order valence-electron chi connectivity index (χ4n) is 1.63. The van der Waals surface area contributed by atoms with E-state index in [1.807, 2.05) is 11.8 Å². The molecular formula is C10H16N2S2. The summed E-state index contributed by atoms with van der Waals surface area (Å²) in [5.41, 5.74) is 1.16. The number of hydrogen-bond donors (Lipinski definition) is 1. The molecule has 0 amide bonds. The lowest BCUT2D eigenvalue weighted by atomic mass is 10.2. The fourth-order valence-corrected chi connectivity index (χ4v) is 3.67. The molecule has 0 spiro atoms. The summed E-state index contributed by atoms with van der Waals surface area (Å²) in [6, 6.07) is 0.625. The van der Waals surface area contributed by atoms with Crippen molar-refractivity contribution in [2.24, 2.45) is 0 Å². The highest BCUT2D eigenvalue weighted by atomic mass is 32.2. The van der Waals surface area contributed by atoms with Crippen LogP contribution >= 0.6 is 23.1 Å². The van der Waals surface area contributed by atoms with Gasteiger partial charge in [0.15, 0.2) is 5.13 Å². The number of anilines is 1.